The number of aryl methyl sites for hydroxylation is 1. The third-order valence-corrected chi connectivity index (χ3v) is 4.97. The van der Waals surface area contributed by atoms with Gasteiger partial charge in [-0.2, -0.15) is 0 Å². The van der Waals surface area contributed by atoms with Gasteiger partial charge in [-0.15, -0.1) is 0 Å². The quantitative estimate of drug-likeness (QED) is 0.731. The van der Waals surface area contributed by atoms with Crippen LogP contribution < -0.4 is 4.90 Å². The Morgan fingerprint density at radius 2 is 1.64 bits per heavy atom. The van der Waals surface area contributed by atoms with Crippen molar-refractivity contribution in [2.45, 2.75) is 13.8 Å². The number of benzene rings is 2. The number of fused-ring (bicyclic) bond motifs is 1. The first-order valence-corrected chi connectivity index (χ1v) is 9.05. The molecule has 0 unspecified atom stereocenters. The van der Waals surface area contributed by atoms with Crippen LogP contribution in [0.4, 0.5) is 5.82 Å². The third-order valence-electron chi connectivity index (χ3n) is 4.97. The Morgan fingerprint density at radius 3 is 2.36 bits per heavy atom. The van der Waals surface area contributed by atoms with E-state index < -0.39 is 0 Å². The third kappa shape index (κ3) is 3.22. The predicted molar refractivity (Wildman–Crippen MR) is 104 cm³/mol. The first-order chi connectivity index (χ1) is 12.2. The molecule has 25 heavy (non-hydrogen) atoms. The van der Waals surface area contributed by atoms with E-state index in [1.54, 1.807) is 0 Å². The summed E-state index contributed by atoms with van der Waals surface area (Å²) in [6, 6.07) is 16.7. The summed E-state index contributed by atoms with van der Waals surface area (Å²) < 4.78 is 0. The highest BCUT2D eigenvalue weighted by Crippen LogP contribution is 2.30. The number of hydrogen-bond donors (Lipinski definition) is 0. The lowest BCUT2D eigenvalue weighted by Crippen LogP contribution is -2.46. The minimum atomic E-state index is 0.959. The Hall–Kier alpha value is -2.46. The van der Waals surface area contributed by atoms with Gasteiger partial charge in [0.1, 0.15) is 5.69 Å². The molecule has 1 aromatic heterocycles. The van der Waals surface area contributed by atoms with Gasteiger partial charge in [-0.05, 0) is 31.2 Å². The summed E-state index contributed by atoms with van der Waals surface area (Å²) in [5.41, 5.74) is 5.27. The Bertz CT molecular complexity index is 868. The van der Waals surface area contributed by atoms with Gasteiger partial charge < -0.3 is 9.80 Å². The number of aromatic nitrogens is 2. The molecule has 1 fully saturated rings. The molecule has 1 aliphatic rings. The normalized spacial score (nSPS) is 15.7. The molecule has 4 nitrogen and oxygen atoms in total. The lowest BCUT2D eigenvalue weighted by molar-refractivity contribution is 0.270. The van der Waals surface area contributed by atoms with Crippen LogP contribution in [-0.4, -0.2) is 47.6 Å². The van der Waals surface area contributed by atoms with Crippen molar-refractivity contribution >= 4 is 16.9 Å². The molecule has 0 aliphatic carbocycles. The second-order valence-electron chi connectivity index (χ2n) is 6.68. The van der Waals surface area contributed by atoms with E-state index >= 15 is 0 Å². The monoisotopic (exact) mass is 332 g/mol. The topological polar surface area (TPSA) is 32.3 Å². The smallest absolute Gasteiger partial charge is 0.156 e. The fraction of sp³-hybridized carbons (Fsp3) is 0.333. The molecule has 0 bridgehead atoms. The highest BCUT2D eigenvalue weighted by molar-refractivity contribution is 5.84. The summed E-state index contributed by atoms with van der Waals surface area (Å²) >= 11 is 0. The molecule has 2 heterocycles. The molecule has 2 aromatic carbocycles. The summed E-state index contributed by atoms with van der Waals surface area (Å²) in [7, 11) is 0. The number of rotatable bonds is 3. The first kappa shape index (κ1) is 16.0. The van der Waals surface area contributed by atoms with Gasteiger partial charge in [-0.1, -0.05) is 43.3 Å². The van der Waals surface area contributed by atoms with Crippen LogP contribution in [0, 0.1) is 6.92 Å². The van der Waals surface area contributed by atoms with Gasteiger partial charge >= 0.3 is 0 Å². The molecule has 4 heteroatoms. The zero-order chi connectivity index (χ0) is 17.2. The fourth-order valence-electron chi connectivity index (χ4n) is 3.44. The standard InChI is InChI=1S/C21H24N4/c1-3-24-11-13-25(14-12-24)21-20(17-7-5-4-6-8-17)22-18-10-9-16(2)15-19(18)23-21/h4-10,15H,3,11-14H2,1-2H3. The van der Waals surface area contributed by atoms with Crippen LogP contribution in [0.1, 0.15) is 12.5 Å². The summed E-state index contributed by atoms with van der Waals surface area (Å²) in [6.07, 6.45) is 0. The van der Waals surface area contributed by atoms with E-state index in [0.717, 1.165) is 60.8 Å². The Labute approximate surface area is 149 Å². The second kappa shape index (κ2) is 6.81. The van der Waals surface area contributed by atoms with Crippen LogP contribution in [-0.2, 0) is 0 Å². The van der Waals surface area contributed by atoms with Crippen molar-refractivity contribution in [1.82, 2.24) is 14.9 Å². The first-order valence-electron chi connectivity index (χ1n) is 9.05. The van der Waals surface area contributed by atoms with Crippen LogP contribution in [0.5, 0.6) is 0 Å². The lowest BCUT2D eigenvalue weighted by Gasteiger charge is -2.35. The molecule has 3 aromatic rings. The molecular weight excluding hydrogens is 308 g/mol. The Balaban J connectivity index is 1.82. The highest BCUT2D eigenvalue weighted by Gasteiger charge is 2.21. The van der Waals surface area contributed by atoms with E-state index in [-0.39, 0.29) is 0 Å². The fourth-order valence-corrected chi connectivity index (χ4v) is 3.44. The molecule has 1 aliphatic heterocycles. The van der Waals surface area contributed by atoms with E-state index in [0.29, 0.717) is 0 Å². The molecule has 0 atom stereocenters. The van der Waals surface area contributed by atoms with Crippen molar-refractivity contribution in [2.75, 3.05) is 37.6 Å². The van der Waals surface area contributed by atoms with Crippen molar-refractivity contribution in [2.24, 2.45) is 0 Å². The summed E-state index contributed by atoms with van der Waals surface area (Å²) in [5.74, 6) is 1.01. The van der Waals surface area contributed by atoms with Gasteiger partial charge in [-0.25, -0.2) is 9.97 Å². The van der Waals surface area contributed by atoms with E-state index in [1.807, 2.05) is 6.07 Å². The zero-order valence-electron chi connectivity index (χ0n) is 14.9. The average Bonchev–Trinajstić information content (AvgIpc) is 2.67. The molecule has 0 spiro atoms. The van der Waals surface area contributed by atoms with Gasteiger partial charge in [-0.3, -0.25) is 0 Å². The summed E-state index contributed by atoms with van der Waals surface area (Å²) in [4.78, 5) is 14.9. The van der Waals surface area contributed by atoms with E-state index in [2.05, 4.69) is 66.1 Å². The van der Waals surface area contributed by atoms with Crippen molar-refractivity contribution in [3.8, 4) is 11.3 Å². The maximum atomic E-state index is 5.03. The van der Waals surface area contributed by atoms with E-state index in [4.69, 9.17) is 9.97 Å². The SMILES string of the molecule is CCN1CCN(c2nc3cc(C)ccc3nc2-c2ccccc2)CC1. The maximum absolute atomic E-state index is 5.03. The maximum Gasteiger partial charge on any atom is 0.156 e. The summed E-state index contributed by atoms with van der Waals surface area (Å²) in [5, 5.41) is 0. The number of hydrogen-bond acceptors (Lipinski definition) is 4. The van der Waals surface area contributed by atoms with Crippen LogP contribution in [0.2, 0.25) is 0 Å². The molecule has 4 rings (SSSR count). The number of likely N-dealkylation sites (N-methyl/N-ethyl adjacent to an activating group) is 1. The van der Waals surface area contributed by atoms with Crippen LogP contribution in [0.25, 0.3) is 22.3 Å². The molecule has 128 valence electrons. The summed E-state index contributed by atoms with van der Waals surface area (Å²) in [6.45, 7) is 9.60. The second-order valence-corrected chi connectivity index (χ2v) is 6.68. The average molecular weight is 332 g/mol. The van der Waals surface area contributed by atoms with Crippen molar-refractivity contribution in [1.29, 1.82) is 0 Å². The zero-order valence-corrected chi connectivity index (χ0v) is 14.9. The highest BCUT2D eigenvalue weighted by atomic mass is 15.3. The van der Waals surface area contributed by atoms with Gasteiger partial charge in [0, 0.05) is 31.7 Å². The number of anilines is 1. The van der Waals surface area contributed by atoms with Gasteiger partial charge in [0.15, 0.2) is 5.82 Å². The van der Waals surface area contributed by atoms with Gasteiger partial charge in [0.05, 0.1) is 11.0 Å². The molecule has 0 radical (unpaired) electrons. The van der Waals surface area contributed by atoms with Crippen molar-refractivity contribution in [3.05, 3.63) is 54.1 Å². The minimum Gasteiger partial charge on any atom is -0.352 e. The largest absolute Gasteiger partial charge is 0.352 e. The van der Waals surface area contributed by atoms with Crippen LogP contribution in [0.3, 0.4) is 0 Å². The number of nitrogens with zero attached hydrogens (tertiary/aromatic N) is 4. The van der Waals surface area contributed by atoms with Gasteiger partial charge in [0.2, 0.25) is 0 Å². The van der Waals surface area contributed by atoms with Gasteiger partial charge in [0.25, 0.3) is 0 Å². The molecule has 0 amide bonds. The lowest BCUT2D eigenvalue weighted by atomic mass is 10.1. The van der Waals surface area contributed by atoms with Crippen LogP contribution in [0.15, 0.2) is 48.5 Å². The van der Waals surface area contributed by atoms with E-state index in [9.17, 15) is 0 Å². The van der Waals surface area contributed by atoms with E-state index in [1.165, 1.54) is 5.56 Å². The molecule has 1 saturated heterocycles. The molecular formula is C21H24N4. The Morgan fingerprint density at radius 1 is 0.880 bits per heavy atom. The van der Waals surface area contributed by atoms with Crippen molar-refractivity contribution < 1.29 is 0 Å². The number of piperazine rings is 1. The molecule has 0 N–H and O–H groups in total. The minimum absolute atomic E-state index is 0.959. The predicted octanol–water partition coefficient (Wildman–Crippen LogP) is 3.75. The van der Waals surface area contributed by atoms with Crippen LogP contribution >= 0.6 is 0 Å². The molecule has 0 saturated carbocycles. The van der Waals surface area contributed by atoms with Crippen molar-refractivity contribution in [3.63, 3.8) is 0 Å². The Kier molecular flexibility index (Phi) is 4.36.